The maximum absolute atomic E-state index is 11.8. The molecule has 0 aliphatic carbocycles. The van der Waals surface area contributed by atoms with Crippen LogP contribution in [0.2, 0.25) is 0 Å². The fourth-order valence-corrected chi connectivity index (χ4v) is 2.17. The molecule has 0 radical (unpaired) electrons. The van der Waals surface area contributed by atoms with E-state index in [2.05, 4.69) is 14.9 Å². The van der Waals surface area contributed by atoms with Gasteiger partial charge in [0, 0.05) is 6.54 Å². The summed E-state index contributed by atoms with van der Waals surface area (Å²) >= 11 is 0. The van der Waals surface area contributed by atoms with Gasteiger partial charge in [-0.3, -0.25) is 9.89 Å². The summed E-state index contributed by atoms with van der Waals surface area (Å²) in [4.78, 5) is 10.9. The zero-order chi connectivity index (χ0) is 13.3. The number of nitrogen functional groups attached to an aromatic ring is 1. The maximum atomic E-state index is 11.8. The van der Waals surface area contributed by atoms with Crippen LogP contribution in [0.25, 0.3) is 0 Å². The summed E-state index contributed by atoms with van der Waals surface area (Å²) in [5, 5.41) is 5.82. The summed E-state index contributed by atoms with van der Waals surface area (Å²) in [6.07, 6.45) is 1.09. The Kier molecular flexibility index (Phi) is 3.43. The van der Waals surface area contributed by atoms with Gasteiger partial charge in [-0.1, -0.05) is 0 Å². The lowest BCUT2D eigenvalue weighted by Crippen LogP contribution is -2.42. The van der Waals surface area contributed by atoms with Crippen LogP contribution >= 0.6 is 0 Å². The molecule has 0 aliphatic heterocycles. The fraction of sp³-hybridized carbons (Fsp3) is 0.500. The third kappa shape index (κ3) is 2.94. The number of carbonyl (C=O) groups excluding carboxylic acids is 1. The number of aromatic amines is 1. The zero-order valence-corrected chi connectivity index (χ0v) is 10.3. The highest BCUT2D eigenvalue weighted by Crippen LogP contribution is 2.17. The number of hydrogen-bond acceptors (Lipinski definition) is 5. The molecule has 0 fully saturated rings. The van der Waals surface area contributed by atoms with Crippen molar-refractivity contribution in [3.8, 4) is 0 Å². The summed E-state index contributed by atoms with van der Waals surface area (Å²) in [6, 6.07) is 0. The molecule has 1 rings (SSSR count). The number of nitrogens with one attached hydrogen (secondary N) is 2. The number of carbonyl (C=O) groups is 1. The van der Waals surface area contributed by atoms with Crippen molar-refractivity contribution in [2.24, 2.45) is 11.1 Å². The largest absolute Gasteiger partial charge is 0.383 e. The summed E-state index contributed by atoms with van der Waals surface area (Å²) in [7, 11) is -3.79. The first kappa shape index (κ1) is 13.5. The van der Waals surface area contributed by atoms with Crippen molar-refractivity contribution in [2.75, 3.05) is 12.3 Å². The van der Waals surface area contributed by atoms with E-state index >= 15 is 0 Å². The summed E-state index contributed by atoms with van der Waals surface area (Å²) in [5.74, 6) is -0.658. The van der Waals surface area contributed by atoms with Crippen LogP contribution in [0.15, 0.2) is 11.1 Å². The molecule has 0 bridgehead atoms. The maximum Gasteiger partial charge on any atom is 0.245 e. The van der Waals surface area contributed by atoms with Gasteiger partial charge in [-0.05, 0) is 13.8 Å². The van der Waals surface area contributed by atoms with Crippen LogP contribution in [0, 0.1) is 5.41 Å². The van der Waals surface area contributed by atoms with Crippen molar-refractivity contribution in [1.82, 2.24) is 14.9 Å². The molecule has 96 valence electrons. The van der Waals surface area contributed by atoms with Gasteiger partial charge in [-0.2, -0.15) is 5.10 Å². The third-order valence-corrected chi connectivity index (χ3v) is 3.72. The topological polar surface area (TPSA) is 144 Å². The standard InChI is InChI=1S/C8H15N5O3S/c1-8(2,7(10)14)4-12-17(15,16)5-3-11-13-6(5)9/h3,12H,4H2,1-2H3,(H2,10,14)(H3,9,11,13). The second-order valence-corrected chi connectivity index (χ2v) is 5.96. The molecule has 6 N–H and O–H groups in total. The molecule has 1 aromatic rings. The molecule has 0 aromatic carbocycles. The van der Waals surface area contributed by atoms with Crippen molar-refractivity contribution < 1.29 is 13.2 Å². The predicted molar refractivity (Wildman–Crippen MR) is 61.2 cm³/mol. The van der Waals surface area contributed by atoms with Gasteiger partial charge in [0.15, 0.2) is 0 Å². The van der Waals surface area contributed by atoms with Gasteiger partial charge in [0.05, 0.1) is 11.6 Å². The van der Waals surface area contributed by atoms with E-state index in [1.165, 1.54) is 13.8 Å². The van der Waals surface area contributed by atoms with E-state index in [-0.39, 0.29) is 17.3 Å². The Labute approximate surface area is 98.8 Å². The smallest absolute Gasteiger partial charge is 0.245 e. The van der Waals surface area contributed by atoms with Crippen LogP contribution < -0.4 is 16.2 Å². The molecule has 0 saturated carbocycles. The number of anilines is 1. The molecule has 0 atom stereocenters. The molecule has 0 saturated heterocycles. The van der Waals surface area contributed by atoms with Gasteiger partial charge in [-0.25, -0.2) is 13.1 Å². The Balaban J connectivity index is 2.83. The molecule has 1 heterocycles. The van der Waals surface area contributed by atoms with E-state index in [1.807, 2.05) is 0 Å². The van der Waals surface area contributed by atoms with Crippen molar-refractivity contribution in [3.05, 3.63) is 6.20 Å². The molecule has 1 aromatic heterocycles. The zero-order valence-electron chi connectivity index (χ0n) is 9.52. The number of amides is 1. The van der Waals surface area contributed by atoms with E-state index in [0.29, 0.717) is 0 Å². The Bertz CT molecular complexity index is 519. The molecule has 17 heavy (non-hydrogen) atoms. The van der Waals surface area contributed by atoms with Crippen LogP contribution in [0.1, 0.15) is 13.8 Å². The predicted octanol–water partition coefficient (Wildman–Crippen LogP) is -1.22. The van der Waals surface area contributed by atoms with Crippen LogP contribution in [-0.2, 0) is 14.8 Å². The number of nitrogens with two attached hydrogens (primary N) is 2. The second-order valence-electron chi connectivity index (χ2n) is 4.22. The quantitative estimate of drug-likeness (QED) is 0.525. The van der Waals surface area contributed by atoms with Gasteiger partial charge in [-0.15, -0.1) is 0 Å². The minimum Gasteiger partial charge on any atom is -0.383 e. The van der Waals surface area contributed by atoms with Crippen molar-refractivity contribution in [3.63, 3.8) is 0 Å². The lowest BCUT2D eigenvalue weighted by Gasteiger charge is -2.20. The average molecular weight is 261 g/mol. The summed E-state index contributed by atoms with van der Waals surface area (Å²) in [5.41, 5.74) is 9.55. The van der Waals surface area contributed by atoms with E-state index in [1.54, 1.807) is 0 Å². The molecule has 0 unspecified atom stereocenters. The molecule has 9 heteroatoms. The van der Waals surface area contributed by atoms with Gasteiger partial charge in [0.2, 0.25) is 15.9 Å². The Morgan fingerprint density at radius 3 is 2.59 bits per heavy atom. The van der Waals surface area contributed by atoms with Crippen LogP contribution in [-0.4, -0.2) is 31.1 Å². The van der Waals surface area contributed by atoms with E-state index in [4.69, 9.17) is 11.5 Å². The summed E-state index contributed by atoms with van der Waals surface area (Å²) < 4.78 is 25.8. The number of aromatic nitrogens is 2. The average Bonchev–Trinajstić information content (AvgIpc) is 2.62. The molecule has 1 amide bonds. The monoisotopic (exact) mass is 261 g/mol. The van der Waals surface area contributed by atoms with Gasteiger partial charge >= 0.3 is 0 Å². The van der Waals surface area contributed by atoms with Gasteiger partial charge < -0.3 is 11.5 Å². The summed E-state index contributed by atoms with van der Waals surface area (Å²) in [6.45, 7) is 2.96. The third-order valence-electron chi connectivity index (χ3n) is 2.29. The number of sulfonamides is 1. The lowest BCUT2D eigenvalue weighted by atomic mass is 9.93. The number of rotatable bonds is 5. The first-order valence-corrected chi connectivity index (χ1v) is 6.23. The molecule has 0 aliphatic rings. The highest BCUT2D eigenvalue weighted by atomic mass is 32.2. The van der Waals surface area contributed by atoms with E-state index in [0.717, 1.165) is 6.20 Å². The molecule has 8 nitrogen and oxygen atoms in total. The minimum absolute atomic E-state index is 0.0608. The van der Waals surface area contributed by atoms with Crippen LogP contribution in [0.3, 0.4) is 0 Å². The number of nitrogens with zero attached hydrogens (tertiary/aromatic N) is 1. The van der Waals surface area contributed by atoms with Crippen molar-refractivity contribution >= 4 is 21.7 Å². The number of primary amides is 1. The first-order chi connectivity index (χ1) is 7.67. The minimum atomic E-state index is -3.79. The number of hydrogen-bond donors (Lipinski definition) is 4. The molecular formula is C8H15N5O3S. The van der Waals surface area contributed by atoms with Gasteiger partial charge in [0.1, 0.15) is 10.7 Å². The van der Waals surface area contributed by atoms with Crippen LogP contribution in [0.5, 0.6) is 0 Å². The Morgan fingerprint density at radius 1 is 1.59 bits per heavy atom. The molecule has 0 spiro atoms. The SMILES string of the molecule is CC(C)(CNS(=O)(=O)c1cn[nH]c1N)C(N)=O. The van der Waals surface area contributed by atoms with Crippen molar-refractivity contribution in [2.45, 2.75) is 18.7 Å². The van der Waals surface area contributed by atoms with Crippen molar-refractivity contribution in [1.29, 1.82) is 0 Å². The highest BCUT2D eigenvalue weighted by molar-refractivity contribution is 7.89. The Morgan fingerprint density at radius 2 is 2.18 bits per heavy atom. The first-order valence-electron chi connectivity index (χ1n) is 4.75. The van der Waals surface area contributed by atoms with Crippen LogP contribution in [0.4, 0.5) is 5.82 Å². The van der Waals surface area contributed by atoms with Gasteiger partial charge in [0.25, 0.3) is 0 Å². The lowest BCUT2D eigenvalue weighted by molar-refractivity contribution is -0.125. The molecular weight excluding hydrogens is 246 g/mol. The fourth-order valence-electron chi connectivity index (χ4n) is 0.940. The Hall–Kier alpha value is -1.61. The highest BCUT2D eigenvalue weighted by Gasteiger charge is 2.28. The number of H-pyrrole nitrogens is 1. The van der Waals surface area contributed by atoms with E-state index in [9.17, 15) is 13.2 Å². The normalized spacial score (nSPS) is 12.6. The van der Waals surface area contributed by atoms with E-state index < -0.39 is 21.3 Å². The second kappa shape index (κ2) is 4.34.